The van der Waals surface area contributed by atoms with Gasteiger partial charge in [0.15, 0.2) is 0 Å². The summed E-state index contributed by atoms with van der Waals surface area (Å²) in [5.74, 6) is 0.419. The number of anilines is 1. The van der Waals surface area contributed by atoms with Crippen LogP contribution in [0.4, 0.5) is 10.7 Å². The zero-order valence-electron chi connectivity index (χ0n) is 8.14. The fraction of sp³-hybridized carbons (Fsp3) is 0.286. The van der Waals surface area contributed by atoms with Gasteiger partial charge in [0.25, 0.3) is 0 Å². The van der Waals surface area contributed by atoms with E-state index in [-0.39, 0.29) is 17.7 Å². The van der Waals surface area contributed by atoms with Gasteiger partial charge < -0.3 is 9.47 Å². The minimum atomic E-state index is -0.856. The Hall–Kier alpha value is -2.09. The Balaban J connectivity index is 2.91. The van der Waals surface area contributed by atoms with Crippen LogP contribution in [0.25, 0.3) is 0 Å². The van der Waals surface area contributed by atoms with Crippen LogP contribution in [0.3, 0.4) is 0 Å². The second-order valence-electron chi connectivity index (χ2n) is 2.34. The molecule has 0 fully saturated rings. The van der Waals surface area contributed by atoms with E-state index < -0.39 is 6.03 Å². The van der Waals surface area contributed by atoms with Crippen molar-refractivity contribution in [2.24, 2.45) is 0 Å². The van der Waals surface area contributed by atoms with Gasteiger partial charge in [0.05, 0.1) is 20.3 Å². The van der Waals surface area contributed by atoms with E-state index in [9.17, 15) is 4.79 Å². The third-order valence-corrected chi connectivity index (χ3v) is 1.42. The standard InChI is InChI=1S/C7H10N4O4/c1-14-4-3-5(15-2)9-6(8-4)10-7(12)11-13/h3,13H,1-2H3,(H2,8,9,10,11,12). The summed E-state index contributed by atoms with van der Waals surface area (Å²) in [5, 5.41) is 10.4. The number of hydrogen-bond donors (Lipinski definition) is 3. The summed E-state index contributed by atoms with van der Waals surface area (Å²) in [6, 6.07) is 0.590. The lowest BCUT2D eigenvalue weighted by Crippen LogP contribution is -2.26. The predicted octanol–water partition coefficient (Wildman–Crippen LogP) is 0.00450. The number of urea groups is 1. The highest BCUT2D eigenvalue weighted by atomic mass is 16.5. The van der Waals surface area contributed by atoms with Gasteiger partial charge in [0.2, 0.25) is 17.7 Å². The van der Waals surface area contributed by atoms with Crippen LogP contribution in [0.5, 0.6) is 11.8 Å². The summed E-state index contributed by atoms with van der Waals surface area (Å²) in [4.78, 5) is 18.3. The van der Waals surface area contributed by atoms with Gasteiger partial charge in [0, 0.05) is 0 Å². The molecule has 8 nitrogen and oxygen atoms in total. The fourth-order valence-electron chi connectivity index (χ4n) is 0.798. The lowest BCUT2D eigenvalue weighted by molar-refractivity contribution is 0.172. The minimum Gasteiger partial charge on any atom is -0.481 e. The molecule has 0 aromatic carbocycles. The summed E-state index contributed by atoms with van der Waals surface area (Å²) in [6.45, 7) is 0. The first-order valence-electron chi connectivity index (χ1n) is 3.87. The van der Waals surface area contributed by atoms with E-state index in [2.05, 4.69) is 15.3 Å². The van der Waals surface area contributed by atoms with Crippen molar-refractivity contribution in [2.75, 3.05) is 19.5 Å². The molecule has 82 valence electrons. The zero-order valence-corrected chi connectivity index (χ0v) is 8.14. The van der Waals surface area contributed by atoms with Crippen molar-refractivity contribution in [2.45, 2.75) is 0 Å². The number of rotatable bonds is 3. The van der Waals surface area contributed by atoms with E-state index in [4.69, 9.17) is 14.7 Å². The summed E-state index contributed by atoms with van der Waals surface area (Å²) in [6.07, 6.45) is 0. The topological polar surface area (TPSA) is 106 Å². The average molecular weight is 214 g/mol. The van der Waals surface area contributed by atoms with Crippen LogP contribution in [0, 0.1) is 0 Å². The van der Waals surface area contributed by atoms with Crippen LogP contribution in [0.1, 0.15) is 0 Å². The maximum Gasteiger partial charge on any atom is 0.345 e. The van der Waals surface area contributed by atoms with E-state index in [1.54, 1.807) is 0 Å². The highest BCUT2D eigenvalue weighted by molar-refractivity contribution is 5.86. The van der Waals surface area contributed by atoms with Crippen molar-refractivity contribution in [3.63, 3.8) is 0 Å². The summed E-state index contributed by atoms with van der Waals surface area (Å²) in [7, 11) is 2.83. The molecule has 0 atom stereocenters. The number of aromatic nitrogens is 2. The Morgan fingerprint density at radius 2 is 1.87 bits per heavy atom. The highest BCUT2D eigenvalue weighted by Gasteiger charge is 2.07. The number of amides is 2. The van der Waals surface area contributed by atoms with E-state index in [1.165, 1.54) is 25.8 Å². The van der Waals surface area contributed by atoms with Crippen LogP contribution < -0.4 is 20.3 Å². The van der Waals surface area contributed by atoms with Gasteiger partial charge in [0.1, 0.15) is 0 Å². The molecule has 15 heavy (non-hydrogen) atoms. The molecule has 0 unspecified atom stereocenters. The molecule has 1 heterocycles. The van der Waals surface area contributed by atoms with Crippen molar-refractivity contribution in [3.05, 3.63) is 6.07 Å². The molecule has 0 aliphatic carbocycles. The number of methoxy groups -OCH3 is 2. The van der Waals surface area contributed by atoms with Crippen LogP contribution in [-0.4, -0.2) is 35.4 Å². The Bertz CT molecular complexity index is 335. The maximum atomic E-state index is 10.7. The molecule has 8 heteroatoms. The van der Waals surface area contributed by atoms with Gasteiger partial charge in [-0.1, -0.05) is 0 Å². The summed E-state index contributed by atoms with van der Waals surface area (Å²) in [5.41, 5.74) is 1.38. The molecular formula is C7H10N4O4. The normalized spacial score (nSPS) is 9.27. The second-order valence-corrected chi connectivity index (χ2v) is 2.34. The lowest BCUT2D eigenvalue weighted by atomic mass is 10.6. The monoisotopic (exact) mass is 214 g/mol. The van der Waals surface area contributed by atoms with Crippen LogP contribution >= 0.6 is 0 Å². The van der Waals surface area contributed by atoms with Gasteiger partial charge in [-0.2, -0.15) is 9.97 Å². The number of carbonyl (C=O) groups is 1. The largest absolute Gasteiger partial charge is 0.481 e. The fourth-order valence-corrected chi connectivity index (χ4v) is 0.798. The van der Waals surface area contributed by atoms with Gasteiger partial charge in [-0.3, -0.25) is 10.5 Å². The molecule has 0 bridgehead atoms. The van der Waals surface area contributed by atoms with Crippen LogP contribution in [0.2, 0.25) is 0 Å². The van der Waals surface area contributed by atoms with Crippen molar-refractivity contribution in [3.8, 4) is 11.8 Å². The van der Waals surface area contributed by atoms with Crippen LogP contribution in [0.15, 0.2) is 6.07 Å². The van der Waals surface area contributed by atoms with Crippen molar-refractivity contribution < 1.29 is 19.5 Å². The van der Waals surface area contributed by atoms with E-state index in [0.29, 0.717) is 0 Å². The van der Waals surface area contributed by atoms with Crippen molar-refractivity contribution >= 4 is 12.0 Å². The first-order valence-corrected chi connectivity index (χ1v) is 3.87. The number of carbonyl (C=O) groups excluding carboxylic acids is 1. The van der Waals surface area contributed by atoms with Gasteiger partial charge in [-0.05, 0) is 0 Å². The van der Waals surface area contributed by atoms with Crippen molar-refractivity contribution in [1.82, 2.24) is 15.4 Å². The molecular weight excluding hydrogens is 204 g/mol. The molecule has 1 rings (SSSR count). The number of nitrogens with zero attached hydrogens (tertiary/aromatic N) is 2. The molecule has 0 saturated carbocycles. The molecule has 3 N–H and O–H groups in total. The minimum absolute atomic E-state index is 0.0437. The number of nitrogens with one attached hydrogen (secondary N) is 2. The SMILES string of the molecule is COc1cc(OC)nc(NC(=O)NO)n1. The van der Waals surface area contributed by atoms with Crippen molar-refractivity contribution in [1.29, 1.82) is 0 Å². The smallest absolute Gasteiger partial charge is 0.345 e. The number of hydroxylamine groups is 1. The third-order valence-electron chi connectivity index (χ3n) is 1.42. The molecule has 2 amide bonds. The molecule has 0 aliphatic rings. The second kappa shape index (κ2) is 4.96. The van der Waals surface area contributed by atoms with Gasteiger partial charge in [-0.25, -0.2) is 10.3 Å². The molecule has 0 spiro atoms. The average Bonchev–Trinajstić information content (AvgIpc) is 2.28. The summed E-state index contributed by atoms with van der Waals surface area (Å²) >= 11 is 0. The molecule has 1 aromatic rings. The Morgan fingerprint density at radius 3 is 2.27 bits per heavy atom. The lowest BCUT2D eigenvalue weighted by Gasteiger charge is -2.06. The molecule has 0 saturated heterocycles. The van der Waals surface area contributed by atoms with E-state index >= 15 is 0 Å². The van der Waals surface area contributed by atoms with E-state index in [0.717, 1.165) is 0 Å². The maximum absolute atomic E-state index is 10.7. The molecule has 1 aromatic heterocycles. The summed E-state index contributed by atoms with van der Waals surface area (Å²) < 4.78 is 9.69. The quantitative estimate of drug-likeness (QED) is 0.483. The molecule has 0 radical (unpaired) electrons. The third kappa shape index (κ3) is 2.95. The first-order chi connectivity index (χ1) is 7.19. The zero-order chi connectivity index (χ0) is 11.3. The predicted molar refractivity (Wildman–Crippen MR) is 49.1 cm³/mol. The number of hydrogen-bond acceptors (Lipinski definition) is 6. The van der Waals surface area contributed by atoms with Gasteiger partial charge in [-0.15, -0.1) is 0 Å². The number of ether oxygens (including phenoxy) is 2. The Morgan fingerprint density at radius 1 is 1.33 bits per heavy atom. The first kappa shape index (κ1) is 11.0. The van der Waals surface area contributed by atoms with Gasteiger partial charge >= 0.3 is 6.03 Å². The molecule has 0 aliphatic heterocycles. The van der Waals surface area contributed by atoms with E-state index in [1.807, 2.05) is 0 Å². The Kier molecular flexibility index (Phi) is 3.63. The Labute approximate surface area is 85.2 Å². The highest BCUT2D eigenvalue weighted by Crippen LogP contribution is 2.16. The van der Waals surface area contributed by atoms with Crippen LogP contribution in [-0.2, 0) is 0 Å².